The molecule has 0 atom stereocenters. The first kappa shape index (κ1) is 9.19. The fourth-order valence-electron chi connectivity index (χ4n) is 0.704. The summed E-state index contributed by atoms with van der Waals surface area (Å²) in [6.07, 6.45) is 4.21. The molecule has 0 aliphatic carbocycles. The van der Waals surface area contributed by atoms with E-state index >= 15 is 0 Å². The Labute approximate surface area is 61.8 Å². The summed E-state index contributed by atoms with van der Waals surface area (Å²) in [7, 11) is 0. The first-order valence-electron chi connectivity index (χ1n) is 3.44. The monoisotopic (exact) mass is 139 g/mol. The maximum atomic E-state index is 8.45. The lowest BCUT2D eigenvalue weighted by Crippen LogP contribution is -1.81. The van der Waals surface area contributed by atoms with Crippen molar-refractivity contribution in [2.75, 3.05) is 6.61 Å². The molecule has 0 saturated heterocycles. The number of nitrogens with zero attached hydrogens (tertiary/aromatic N) is 1. The van der Waals surface area contributed by atoms with Crippen molar-refractivity contribution in [2.24, 2.45) is 0 Å². The van der Waals surface area contributed by atoms with E-state index in [2.05, 4.69) is 6.07 Å². The highest BCUT2D eigenvalue weighted by molar-refractivity contribution is 4.97. The van der Waals surface area contributed by atoms with E-state index in [0.717, 1.165) is 18.4 Å². The maximum absolute atomic E-state index is 8.45. The van der Waals surface area contributed by atoms with E-state index in [0.29, 0.717) is 6.42 Å². The van der Waals surface area contributed by atoms with Gasteiger partial charge in [0, 0.05) is 6.42 Å². The van der Waals surface area contributed by atoms with Gasteiger partial charge in [-0.15, -0.1) is 0 Å². The molecular weight excluding hydrogens is 126 g/mol. The van der Waals surface area contributed by atoms with Crippen molar-refractivity contribution in [1.29, 1.82) is 5.26 Å². The molecule has 0 unspecified atom stereocenters. The van der Waals surface area contributed by atoms with Crippen molar-refractivity contribution in [3.63, 3.8) is 0 Å². The molecule has 0 fully saturated rings. The quantitative estimate of drug-likeness (QED) is 0.475. The Morgan fingerprint density at radius 3 is 2.90 bits per heavy atom. The van der Waals surface area contributed by atoms with Crippen LogP contribution in [0.25, 0.3) is 0 Å². The molecular formula is C8H13NO. The second kappa shape index (κ2) is 6.31. The van der Waals surface area contributed by atoms with E-state index in [4.69, 9.17) is 10.4 Å². The van der Waals surface area contributed by atoms with Crippen LogP contribution in [0.4, 0.5) is 0 Å². The number of hydrogen-bond donors (Lipinski definition) is 1. The average Bonchev–Trinajstić information content (AvgIpc) is 1.89. The summed E-state index contributed by atoms with van der Waals surface area (Å²) >= 11 is 0. The zero-order valence-electron chi connectivity index (χ0n) is 6.30. The van der Waals surface area contributed by atoms with E-state index in [-0.39, 0.29) is 6.61 Å². The van der Waals surface area contributed by atoms with Gasteiger partial charge in [0.1, 0.15) is 0 Å². The van der Waals surface area contributed by atoms with Crippen LogP contribution in [-0.2, 0) is 0 Å². The predicted molar refractivity (Wildman–Crippen MR) is 40.3 cm³/mol. The van der Waals surface area contributed by atoms with Gasteiger partial charge in [0.25, 0.3) is 0 Å². The first-order chi connectivity index (χ1) is 4.81. The zero-order valence-corrected chi connectivity index (χ0v) is 6.30. The van der Waals surface area contributed by atoms with E-state index in [1.807, 2.05) is 6.92 Å². The van der Waals surface area contributed by atoms with Gasteiger partial charge in [-0.25, -0.2) is 0 Å². The Morgan fingerprint density at radius 2 is 2.40 bits per heavy atom. The smallest absolute Gasteiger partial charge is 0.0621 e. The summed E-state index contributed by atoms with van der Waals surface area (Å²) in [5.41, 5.74) is 1.16. The van der Waals surface area contributed by atoms with Gasteiger partial charge in [-0.05, 0) is 19.8 Å². The lowest BCUT2D eigenvalue weighted by molar-refractivity contribution is 0.341. The van der Waals surface area contributed by atoms with E-state index < -0.39 is 0 Å². The van der Waals surface area contributed by atoms with Crippen LogP contribution in [0.3, 0.4) is 0 Å². The molecule has 0 rings (SSSR count). The van der Waals surface area contributed by atoms with E-state index in [1.54, 1.807) is 6.08 Å². The Hall–Kier alpha value is -0.810. The van der Waals surface area contributed by atoms with Gasteiger partial charge in [0.05, 0.1) is 12.7 Å². The molecule has 0 radical (unpaired) electrons. The van der Waals surface area contributed by atoms with Crippen LogP contribution in [0.5, 0.6) is 0 Å². The zero-order chi connectivity index (χ0) is 7.82. The molecule has 1 N–H and O–H groups in total. The molecule has 0 spiro atoms. The standard InChI is InChI=1S/C8H13NO/c1-8(5-7-10)4-2-3-6-9/h5,10H,2-4,7H2,1H3/b8-5+. The van der Waals surface area contributed by atoms with Gasteiger partial charge in [-0.1, -0.05) is 11.6 Å². The number of aliphatic hydroxyl groups is 1. The van der Waals surface area contributed by atoms with Crippen LogP contribution < -0.4 is 0 Å². The Balaban J connectivity index is 3.32. The topological polar surface area (TPSA) is 44.0 Å². The van der Waals surface area contributed by atoms with Crippen LogP contribution >= 0.6 is 0 Å². The fraction of sp³-hybridized carbons (Fsp3) is 0.625. The Morgan fingerprint density at radius 1 is 1.70 bits per heavy atom. The molecule has 0 aliphatic rings. The molecule has 0 aliphatic heterocycles. The van der Waals surface area contributed by atoms with Gasteiger partial charge >= 0.3 is 0 Å². The van der Waals surface area contributed by atoms with Crippen LogP contribution in [0.15, 0.2) is 11.6 Å². The fourth-order valence-corrected chi connectivity index (χ4v) is 0.704. The number of rotatable bonds is 4. The minimum Gasteiger partial charge on any atom is -0.392 e. The van der Waals surface area contributed by atoms with Crippen LogP contribution in [0, 0.1) is 11.3 Å². The molecule has 0 saturated carbocycles. The number of allylic oxidation sites excluding steroid dienone is 1. The number of aliphatic hydroxyl groups excluding tert-OH is 1. The molecule has 0 heterocycles. The van der Waals surface area contributed by atoms with Gasteiger partial charge < -0.3 is 5.11 Å². The highest BCUT2D eigenvalue weighted by Gasteiger charge is 1.88. The van der Waals surface area contributed by atoms with Crippen LogP contribution in [-0.4, -0.2) is 11.7 Å². The van der Waals surface area contributed by atoms with Crippen molar-refractivity contribution in [3.8, 4) is 6.07 Å². The van der Waals surface area contributed by atoms with Crippen molar-refractivity contribution < 1.29 is 5.11 Å². The summed E-state index contributed by atoms with van der Waals surface area (Å²) in [6, 6.07) is 2.08. The van der Waals surface area contributed by atoms with Crippen molar-refractivity contribution >= 4 is 0 Å². The summed E-state index contributed by atoms with van der Waals surface area (Å²) in [5.74, 6) is 0. The van der Waals surface area contributed by atoms with Crippen molar-refractivity contribution in [3.05, 3.63) is 11.6 Å². The molecule has 10 heavy (non-hydrogen) atoms. The second-order valence-corrected chi connectivity index (χ2v) is 2.24. The molecule has 56 valence electrons. The Kier molecular flexibility index (Phi) is 5.80. The molecule has 0 aromatic heterocycles. The third kappa shape index (κ3) is 5.33. The highest BCUT2D eigenvalue weighted by atomic mass is 16.2. The van der Waals surface area contributed by atoms with Crippen LogP contribution in [0.2, 0.25) is 0 Å². The maximum Gasteiger partial charge on any atom is 0.0621 e. The van der Waals surface area contributed by atoms with Gasteiger partial charge in [0.2, 0.25) is 0 Å². The molecule has 2 nitrogen and oxygen atoms in total. The normalized spacial score (nSPS) is 11.1. The van der Waals surface area contributed by atoms with Gasteiger partial charge in [-0.3, -0.25) is 0 Å². The van der Waals surface area contributed by atoms with Crippen LogP contribution in [0.1, 0.15) is 26.2 Å². The average molecular weight is 139 g/mol. The largest absolute Gasteiger partial charge is 0.392 e. The lowest BCUT2D eigenvalue weighted by atomic mass is 10.1. The second-order valence-electron chi connectivity index (χ2n) is 2.24. The molecule has 0 bridgehead atoms. The summed E-state index contributed by atoms with van der Waals surface area (Å²) in [6.45, 7) is 2.08. The highest BCUT2D eigenvalue weighted by Crippen LogP contribution is 2.04. The summed E-state index contributed by atoms with van der Waals surface area (Å²) in [4.78, 5) is 0. The number of unbranched alkanes of at least 4 members (excludes halogenated alkanes) is 1. The molecule has 2 heteroatoms. The van der Waals surface area contributed by atoms with Crippen molar-refractivity contribution in [1.82, 2.24) is 0 Å². The number of nitriles is 1. The summed E-state index contributed by atoms with van der Waals surface area (Å²) in [5, 5.41) is 16.6. The Bertz CT molecular complexity index is 144. The van der Waals surface area contributed by atoms with Gasteiger partial charge in [-0.2, -0.15) is 5.26 Å². The number of hydrogen-bond acceptors (Lipinski definition) is 2. The first-order valence-corrected chi connectivity index (χ1v) is 3.44. The molecule has 0 aromatic carbocycles. The minimum absolute atomic E-state index is 0.110. The SMILES string of the molecule is C/C(=C\CO)CCCC#N. The summed E-state index contributed by atoms with van der Waals surface area (Å²) < 4.78 is 0. The van der Waals surface area contributed by atoms with E-state index in [1.165, 1.54) is 0 Å². The minimum atomic E-state index is 0.110. The molecule has 0 aromatic rings. The predicted octanol–water partition coefficient (Wildman–Crippen LogP) is 1.62. The van der Waals surface area contributed by atoms with Gasteiger partial charge in [0.15, 0.2) is 0 Å². The third-order valence-corrected chi connectivity index (χ3v) is 1.30. The molecule has 0 amide bonds. The van der Waals surface area contributed by atoms with E-state index in [9.17, 15) is 0 Å². The lowest BCUT2D eigenvalue weighted by Gasteiger charge is -1.95. The third-order valence-electron chi connectivity index (χ3n) is 1.30. The van der Waals surface area contributed by atoms with Crippen molar-refractivity contribution in [2.45, 2.75) is 26.2 Å².